The molecule has 1 N–H and O–H groups in total. The highest BCUT2D eigenvalue weighted by Crippen LogP contribution is 2.23. The Kier molecular flexibility index (Phi) is 6.04. The summed E-state index contributed by atoms with van der Waals surface area (Å²) in [7, 11) is 0. The van der Waals surface area contributed by atoms with Gasteiger partial charge in [-0.2, -0.15) is 5.10 Å². The van der Waals surface area contributed by atoms with E-state index in [9.17, 15) is 9.59 Å². The van der Waals surface area contributed by atoms with E-state index in [0.29, 0.717) is 11.3 Å². The molecule has 0 saturated heterocycles. The summed E-state index contributed by atoms with van der Waals surface area (Å²) >= 11 is 0. The summed E-state index contributed by atoms with van der Waals surface area (Å²) in [5, 5.41) is 7.45. The van der Waals surface area contributed by atoms with E-state index in [4.69, 9.17) is 0 Å². The second-order valence-corrected chi connectivity index (χ2v) is 6.82. The van der Waals surface area contributed by atoms with E-state index in [1.165, 1.54) is 5.56 Å². The zero-order chi connectivity index (χ0) is 20.1. The van der Waals surface area contributed by atoms with Crippen molar-refractivity contribution in [2.75, 3.05) is 5.32 Å². The zero-order valence-corrected chi connectivity index (χ0v) is 16.5. The summed E-state index contributed by atoms with van der Waals surface area (Å²) in [6.45, 7) is 5.86. The predicted molar refractivity (Wildman–Crippen MR) is 111 cm³/mol. The monoisotopic (exact) mass is 375 g/mol. The minimum Gasteiger partial charge on any atom is -0.323 e. The summed E-state index contributed by atoms with van der Waals surface area (Å²) in [5.41, 5.74) is 5.09. The number of hydrogen-bond donors (Lipinski definition) is 1. The standard InChI is InChI=1S/C23H25N3O2/c1-4-18-10-12-19(13-11-18)21(27)14-15-22(28)24-23-16(2)25-26(17(23)3)20-8-6-5-7-9-20/h5-13H,4,14-15H2,1-3H3,(H,24,28). The Balaban J connectivity index is 1.63. The van der Waals surface area contributed by atoms with Crippen LogP contribution in [0.5, 0.6) is 0 Å². The number of rotatable bonds is 7. The number of hydrogen-bond acceptors (Lipinski definition) is 3. The summed E-state index contributed by atoms with van der Waals surface area (Å²) < 4.78 is 1.81. The van der Waals surface area contributed by atoms with Crippen LogP contribution in [0.4, 0.5) is 5.69 Å². The highest BCUT2D eigenvalue weighted by molar-refractivity contribution is 6.00. The van der Waals surface area contributed by atoms with Gasteiger partial charge in [-0.3, -0.25) is 9.59 Å². The molecule has 0 spiro atoms. The summed E-state index contributed by atoms with van der Waals surface area (Å²) in [6.07, 6.45) is 1.26. The summed E-state index contributed by atoms with van der Waals surface area (Å²) in [5.74, 6) is -0.205. The largest absolute Gasteiger partial charge is 0.323 e. The average Bonchev–Trinajstić information content (AvgIpc) is 3.01. The molecule has 5 nitrogen and oxygen atoms in total. The van der Waals surface area contributed by atoms with E-state index in [-0.39, 0.29) is 24.5 Å². The number of para-hydroxylation sites is 1. The van der Waals surface area contributed by atoms with Crippen LogP contribution in [0.2, 0.25) is 0 Å². The highest BCUT2D eigenvalue weighted by Gasteiger charge is 2.16. The van der Waals surface area contributed by atoms with Gasteiger partial charge in [-0.25, -0.2) is 4.68 Å². The number of benzene rings is 2. The van der Waals surface area contributed by atoms with Crippen LogP contribution < -0.4 is 5.32 Å². The smallest absolute Gasteiger partial charge is 0.224 e. The van der Waals surface area contributed by atoms with E-state index in [2.05, 4.69) is 17.3 Å². The molecule has 2 aromatic carbocycles. The number of anilines is 1. The Morgan fingerprint density at radius 3 is 2.29 bits per heavy atom. The molecular formula is C23H25N3O2. The molecule has 0 aliphatic heterocycles. The van der Waals surface area contributed by atoms with Crippen molar-refractivity contribution in [3.63, 3.8) is 0 Å². The SMILES string of the molecule is CCc1ccc(C(=O)CCC(=O)Nc2c(C)nn(-c3ccccc3)c2C)cc1. The van der Waals surface area contributed by atoms with E-state index in [1.54, 1.807) is 0 Å². The van der Waals surface area contributed by atoms with E-state index in [1.807, 2.05) is 73.1 Å². The lowest BCUT2D eigenvalue weighted by molar-refractivity contribution is -0.116. The maximum Gasteiger partial charge on any atom is 0.224 e. The first-order valence-corrected chi connectivity index (χ1v) is 9.53. The first-order valence-electron chi connectivity index (χ1n) is 9.53. The summed E-state index contributed by atoms with van der Waals surface area (Å²) in [6, 6.07) is 17.3. The number of ketones is 1. The van der Waals surface area contributed by atoms with Crippen molar-refractivity contribution in [2.24, 2.45) is 0 Å². The van der Waals surface area contributed by atoms with Crippen LogP contribution in [0.3, 0.4) is 0 Å². The Hall–Kier alpha value is -3.21. The fourth-order valence-corrected chi connectivity index (χ4v) is 3.14. The molecule has 1 heterocycles. The van der Waals surface area contributed by atoms with Gasteiger partial charge >= 0.3 is 0 Å². The third-order valence-electron chi connectivity index (χ3n) is 4.82. The minimum atomic E-state index is -0.183. The lowest BCUT2D eigenvalue weighted by atomic mass is 10.0. The average molecular weight is 375 g/mol. The van der Waals surface area contributed by atoms with Gasteiger partial charge < -0.3 is 5.32 Å². The van der Waals surface area contributed by atoms with Crippen molar-refractivity contribution >= 4 is 17.4 Å². The van der Waals surface area contributed by atoms with Gasteiger partial charge in [0, 0.05) is 18.4 Å². The number of carbonyl (C=O) groups is 2. The van der Waals surface area contributed by atoms with Crippen LogP contribution in [-0.4, -0.2) is 21.5 Å². The molecule has 28 heavy (non-hydrogen) atoms. The molecule has 3 rings (SSSR count). The van der Waals surface area contributed by atoms with Crippen molar-refractivity contribution in [1.29, 1.82) is 0 Å². The number of nitrogens with zero attached hydrogens (tertiary/aromatic N) is 2. The van der Waals surface area contributed by atoms with Crippen LogP contribution >= 0.6 is 0 Å². The van der Waals surface area contributed by atoms with E-state index in [0.717, 1.165) is 23.5 Å². The zero-order valence-electron chi connectivity index (χ0n) is 16.5. The molecule has 3 aromatic rings. The first kappa shape index (κ1) is 19.5. The number of carbonyl (C=O) groups excluding carboxylic acids is 2. The fraction of sp³-hybridized carbons (Fsp3) is 0.261. The molecule has 0 radical (unpaired) electrons. The van der Waals surface area contributed by atoms with Crippen LogP contribution in [0.25, 0.3) is 5.69 Å². The number of Topliss-reactive ketones (excluding diaryl/α,β-unsaturated/α-hetero) is 1. The Labute approximate surface area is 165 Å². The van der Waals surface area contributed by atoms with Crippen LogP contribution in [0, 0.1) is 13.8 Å². The second kappa shape index (κ2) is 8.65. The number of aromatic nitrogens is 2. The predicted octanol–water partition coefficient (Wildman–Crippen LogP) is 4.65. The van der Waals surface area contributed by atoms with Crippen molar-refractivity contribution in [1.82, 2.24) is 9.78 Å². The fourth-order valence-electron chi connectivity index (χ4n) is 3.14. The lowest BCUT2D eigenvalue weighted by Crippen LogP contribution is -2.14. The van der Waals surface area contributed by atoms with Crippen LogP contribution in [0.15, 0.2) is 54.6 Å². The van der Waals surface area contributed by atoms with Crippen molar-refractivity contribution in [3.8, 4) is 5.69 Å². The van der Waals surface area contributed by atoms with Gasteiger partial charge in [0.2, 0.25) is 5.91 Å². The van der Waals surface area contributed by atoms with Crippen molar-refractivity contribution < 1.29 is 9.59 Å². The molecule has 144 valence electrons. The lowest BCUT2D eigenvalue weighted by Gasteiger charge is -2.07. The molecule has 1 amide bonds. The molecule has 5 heteroatoms. The number of amides is 1. The molecule has 0 saturated carbocycles. The third-order valence-corrected chi connectivity index (χ3v) is 4.82. The minimum absolute atomic E-state index is 0.0220. The highest BCUT2D eigenvalue weighted by atomic mass is 16.2. The molecule has 1 aromatic heterocycles. The van der Waals surface area contributed by atoms with Gasteiger partial charge in [0.1, 0.15) is 0 Å². The molecule has 0 aliphatic carbocycles. The molecule has 0 atom stereocenters. The summed E-state index contributed by atoms with van der Waals surface area (Å²) in [4.78, 5) is 24.7. The molecule has 0 aliphatic rings. The van der Waals surface area contributed by atoms with E-state index >= 15 is 0 Å². The van der Waals surface area contributed by atoms with Gasteiger partial charge in [-0.05, 0) is 38.0 Å². The maximum absolute atomic E-state index is 12.4. The third kappa shape index (κ3) is 4.36. The number of nitrogens with one attached hydrogen (secondary N) is 1. The van der Waals surface area contributed by atoms with Crippen molar-refractivity contribution in [3.05, 3.63) is 77.1 Å². The van der Waals surface area contributed by atoms with Gasteiger partial charge in [0.05, 0.1) is 22.8 Å². The van der Waals surface area contributed by atoms with Gasteiger partial charge in [0.15, 0.2) is 5.78 Å². The Bertz CT molecular complexity index is 973. The maximum atomic E-state index is 12.4. The quantitative estimate of drug-likeness (QED) is 0.611. The first-order chi connectivity index (χ1) is 13.5. The van der Waals surface area contributed by atoms with Gasteiger partial charge in [0.25, 0.3) is 0 Å². The van der Waals surface area contributed by atoms with Gasteiger partial charge in [-0.1, -0.05) is 49.4 Å². The normalized spacial score (nSPS) is 10.7. The van der Waals surface area contributed by atoms with Crippen molar-refractivity contribution in [2.45, 2.75) is 40.0 Å². The van der Waals surface area contributed by atoms with Crippen LogP contribution in [-0.2, 0) is 11.2 Å². The topological polar surface area (TPSA) is 64.0 Å². The van der Waals surface area contributed by atoms with E-state index < -0.39 is 0 Å². The number of aryl methyl sites for hydroxylation is 2. The van der Waals surface area contributed by atoms with Crippen LogP contribution in [0.1, 0.15) is 47.1 Å². The Morgan fingerprint density at radius 1 is 0.964 bits per heavy atom. The molecule has 0 unspecified atom stereocenters. The van der Waals surface area contributed by atoms with Gasteiger partial charge in [-0.15, -0.1) is 0 Å². The second-order valence-electron chi connectivity index (χ2n) is 6.82. The molecule has 0 bridgehead atoms. The Morgan fingerprint density at radius 2 is 1.64 bits per heavy atom. The molecule has 0 fully saturated rings. The molecular weight excluding hydrogens is 350 g/mol.